The Morgan fingerprint density at radius 3 is 2.31 bits per heavy atom. The van der Waals surface area contributed by atoms with E-state index >= 15 is 0 Å². The maximum atomic E-state index is 13.7. The first-order valence-electron chi connectivity index (χ1n) is 12.1. The minimum absolute atomic E-state index is 0.0717. The zero-order chi connectivity index (χ0) is 24.4. The second-order valence-electron chi connectivity index (χ2n) is 9.27. The predicted molar refractivity (Wildman–Crippen MR) is 136 cm³/mol. The number of nitrogens with two attached hydrogens (primary N) is 1. The van der Waals surface area contributed by atoms with Crippen LogP contribution in [0.5, 0.6) is 0 Å². The molecule has 7 nitrogen and oxygen atoms in total. The van der Waals surface area contributed by atoms with E-state index < -0.39 is 5.91 Å². The summed E-state index contributed by atoms with van der Waals surface area (Å²) in [6, 6.07) is 13.6. The Morgan fingerprint density at radius 2 is 1.63 bits per heavy atom. The van der Waals surface area contributed by atoms with Gasteiger partial charge in [-0.2, -0.15) is 0 Å². The van der Waals surface area contributed by atoms with Crippen LogP contribution in [-0.2, 0) is 22.4 Å². The van der Waals surface area contributed by atoms with Crippen LogP contribution in [0, 0.1) is 0 Å². The fraction of sp³-hybridized carbons (Fsp3) is 0.407. The number of fused-ring (bicyclic) bond motifs is 1. The molecular weight excluding hydrogens is 466 g/mol. The van der Waals surface area contributed by atoms with Crippen molar-refractivity contribution in [2.45, 2.75) is 31.8 Å². The van der Waals surface area contributed by atoms with E-state index in [4.69, 9.17) is 26.8 Å². The van der Waals surface area contributed by atoms with Crippen LogP contribution in [0.2, 0.25) is 5.02 Å². The fourth-order valence-electron chi connectivity index (χ4n) is 5.21. The number of morpholine rings is 1. The summed E-state index contributed by atoms with van der Waals surface area (Å²) < 4.78 is 13.2. The average molecular weight is 496 g/mol. The number of amides is 1. The first-order valence-corrected chi connectivity index (χ1v) is 12.5. The van der Waals surface area contributed by atoms with Crippen LogP contribution in [0.3, 0.4) is 0 Å². The number of ether oxygens (including phenoxy) is 2. The second kappa shape index (κ2) is 10.5. The number of benzene rings is 2. The van der Waals surface area contributed by atoms with Gasteiger partial charge in [-0.05, 0) is 48.2 Å². The topological polar surface area (TPSA) is 86.8 Å². The normalized spacial score (nSPS) is 17.6. The van der Waals surface area contributed by atoms with Gasteiger partial charge in [0.25, 0.3) is 5.91 Å². The maximum absolute atomic E-state index is 13.7. The molecule has 0 bridgehead atoms. The number of hydrogen-bond donors (Lipinski definition) is 1. The van der Waals surface area contributed by atoms with Crippen molar-refractivity contribution in [1.29, 1.82) is 0 Å². The first-order chi connectivity index (χ1) is 17.0. The molecule has 2 aliphatic rings. The van der Waals surface area contributed by atoms with Crippen LogP contribution in [0.25, 0.3) is 10.9 Å². The number of nitrogens with zero attached hydrogens (tertiary/aromatic N) is 2. The van der Waals surface area contributed by atoms with Gasteiger partial charge in [-0.1, -0.05) is 29.8 Å². The van der Waals surface area contributed by atoms with Gasteiger partial charge in [-0.25, -0.2) is 0 Å². The Hall–Kier alpha value is -2.71. The van der Waals surface area contributed by atoms with E-state index in [9.17, 15) is 9.59 Å². The molecule has 1 aromatic heterocycles. The Labute approximate surface area is 209 Å². The standard InChI is InChI=1S/C27H30ClN3O4/c28-20-4-1-18(2-5-20)16-24-25(27(29)33)26(32)22-15-19(17-30-9-13-35-14-10-30)3-6-23(22)31(24)21-7-11-34-12-8-21/h1-6,15,21H,7-14,16-17H2,(H2,29,33). The van der Waals surface area contributed by atoms with Crippen LogP contribution in [0.4, 0.5) is 0 Å². The van der Waals surface area contributed by atoms with Crippen molar-refractivity contribution in [2.75, 3.05) is 39.5 Å². The number of carbonyl (C=O) groups is 1. The Bertz CT molecular complexity index is 1280. The van der Waals surface area contributed by atoms with Gasteiger partial charge in [-0.15, -0.1) is 0 Å². The Balaban J connectivity index is 1.67. The highest BCUT2D eigenvalue weighted by atomic mass is 35.5. The van der Waals surface area contributed by atoms with Crippen LogP contribution >= 0.6 is 11.6 Å². The summed E-state index contributed by atoms with van der Waals surface area (Å²) in [4.78, 5) is 28.7. The van der Waals surface area contributed by atoms with E-state index in [-0.39, 0.29) is 17.0 Å². The average Bonchev–Trinajstić information content (AvgIpc) is 2.87. The third kappa shape index (κ3) is 5.14. The lowest BCUT2D eigenvalue weighted by atomic mass is 9.97. The summed E-state index contributed by atoms with van der Waals surface area (Å²) in [6.45, 7) is 5.15. The summed E-state index contributed by atoms with van der Waals surface area (Å²) in [5, 5.41) is 1.17. The highest BCUT2D eigenvalue weighted by Gasteiger charge is 2.26. The largest absolute Gasteiger partial charge is 0.381 e. The molecule has 2 fully saturated rings. The van der Waals surface area contributed by atoms with Gasteiger partial charge in [0.2, 0.25) is 5.43 Å². The molecule has 8 heteroatoms. The second-order valence-corrected chi connectivity index (χ2v) is 9.71. The lowest BCUT2D eigenvalue weighted by Crippen LogP contribution is -2.35. The molecule has 0 saturated carbocycles. The van der Waals surface area contributed by atoms with Crippen molar-refractivity contribution in [3.8, 4) is 0 Å². The highest BCUT2D eigenvalue weighted by Crippen LogP contribution is 2.30. The molecule has 1 amide bonds. The third-order valence-corrected chi connectivity index (χ3v) is 7.22. The predicted octanol–water partition coefficient (Wildman–Crippen LogP) is 3.53. The van der Waals surface area contributed by atoms with E-state index in [1.165, 1.54) is 0 Å². The molecule has 0 radical (unpaired) electrons. The summed E-state index contributed by atoms with van der Waals surface area (Å²) >= 11 is 6.08. The van der Waals surface area contributed by atoms with Crippen molar-refractivity contribution in [2.24, 2.45) is 5.73 Å². The third-order valence-electron chi connectivity index (χ3n) is 6.97. The SMILES string of the molecule is NC(=O)c1c(Cc2ccc(Cl)cc2)n(C2CCOCC2)c2ccc(CN3CCOCC3)cc2c1=O. The molecule has 3 aromatic rings. The van der Waals surface area contributed by atoms with Crippen molar-refractivity contribution in [3.05, 3.63) is 80.1 Å². The van der Waals surface area contributed by atoms with Gasteiger partial charge in [0, 0.05) is 61.4 Å². The maximum Gasteiger partial charge on any atom is 0.254 e. The zero-order valence-electron chi connectivity index (χ0n) is 19.7. The molecule has 3 heterocycles. The molecule has 5 rings (SSSR count). The number of halogens is 1. The fourth-order valence-corrected chi connectivity index (χ4v) is 5.33. The van der Waals surface area contributed by atoms with Gasteiger partial charge < -0.3 is 19.8 Å². The number of rotatable bonds is 6. The lowest BCUT2D eigenvalue weighted by molar-refractivity contribution is 0.0342. The van der Waals surface area contributed by atoms with E-state index in [1.807, 2.05) is 36.4 Å². The van der Waals surface area contributed by atoms with Gasteiger partial charge in [0.05, 0.1) is 18.7 Å². The molecular formula is C27H30ClN3O4. The number of hydrogen-bond acceptors (Lipinski definition) is 5. The van der Waals surface area contributed by atoms with Crippen LogP contribution < -0.4 is 11.2 Å². The first kappa shape index (κ1) is 24.0. The van der Waals surface area contributed by atoms with Gasteiger partial charge in [0.15, 0.2) is 0 Å². The van der Waals surface area contributed by atoms with Crippen molar-refractivity contribution in [1.82, 2.24) is 9.47 Å². The lowest BCUT2D eigenvalue weighted by Gasteiger charge is -2.31. The summed E-state index contributed by atoms with van der Waals surface area (Å²) in [5.74, 6) is -0.694. The molecule has 0 aliphatic carbocycles. The van der Waals surface area contributed by atoms with Gasteiger partial charge in [-0.3, -0.25) is 14.5 Å². The Morgan fingerprint density at radius 1 is 0.971 bits per heavy atom. The molecule has 0 spiro atoms. The molecule has 2 saturated heterocycles. The van der Waals surface area contributed by atoms with E-state index in [1.54, 1.807) is 0 Å². The van der Waals surface area contributed by atoms with Gasteiger partial charge in [0.1, 0.15) is 5.56 Å². The minimum Gasteiger partial charge on any atom is -0.381 e. The molecule has 2 aromatic carbocycles. The number of primary amides is 1. The molecule has 0 atom stereocenters. The quantitative estimate of drug-likeness (QED) is 0.565. The van der Waals surface area contributed by atoms with Crippen molar-refractivity contribution in [3.63, 3.8) is 0 Å². The number of carbonyl (C=O) groups excluding carboxylic acids is 1. The zero-order valence-corrected chi connectivity index (χ0v) is 20.4. The molecule has 35 heavy (non-hydrogen) atoms. The van der Waals surface area contributed by atoms with Crippen LogP contribution in [0.1, 0.15) is 46.1 Å². The highest BCUT2D eigenvalue weighted by molar-refractivity contribution is 6.30. The van der Waals surface area contributed by atoms with E-state index in [0.29, 0.717) is 49.0 Å². The number of pyridine rings is 1. The van der Waals surface area contributed by atoms with E-state index in [0.717, 1.165) is 49.1 Å². The smallest absolute Gasteiger partial charge is 0.254 e. The molecule has 184 valence electrons. The molecule has 2 N–H and O–H groups in total. The minimum atomic E-state index is -0.694. The Kier molecular flexibility index (Phi) is 7.20. The van der Waals surface area contributed by atoms with Crippen molar-refractivity contribution >= 4 is 28.4 Å². The number of aromatic nitrogens is 1. The van der Waals surface area contributed by atoms with Gasteiger partial charge >= 0.3 is 0 Å². The van der Waals surface area contributed by atoms with Crippen molar-refractivity contribution < 1.29 is 14.3 Å². The summed E-state index contributed by atoms with van der Waals surface area (Å²) in [6.07, 6.45) is 2.02. The van der Waals surface area contributed by atoms with E-state index in [2.05, 4.69) is 15.5 Å². The monoisotopic (exact) mass is 495 g/mol. The van der Waals surface area contributed by atoms with Crippen LogP contribution in [-0.4, -0.2) is 54.9 Å². The van der Waals surface area contributed by atoms with Crippen LogP contribution in [0.15, 0.2) is 47.3 Å². The summed E-state index contributed by atoms with van der Waals surface area (Å²) in [7, 11) is 0. The summed E-state index contributed by atoms with van der Waals surface area (Å²) in [5.41, 5.74) is 9.11. The molecule has 0 unspecified atom stereocenters. The molecule has 2 aliphatic heterocycles.